The third-order valence-corrected chi connectivity index (χ3v) is 4.36. The lowest BCUT2D eigenvalue weighted by molar-refractivity contribution is 0.372. The molecule has 94 valence electrons. The zero-order valence-corrected chi connectivity index (χ0v) is 10.7. The van der Waals surface area contributed by atoms with Crippen molar-refractivity contribution in [3.8, 4) is 0 Å². The molecular formula is C13H17F2NS. The summed E-state index contributed by atoms with van der Waals surface area (Å²) in [6, 6.07) is 3.90. The Balaban J connectivity index is 2.31. The fourth-order valence-corrected chi connectivity index (χ4v) is 3.65. The Bertz CT molecular complexity index is 357. The molecule has 1 aliphatic heterocycles. The highest BCUT2D eigenvalue weighted by Crippen LogP contribution is 2.36. The summed E-state index contributed by atoms with van der Waals surface area (Å²) < 4.78 is 27.6. The zero-order valence-electron chi connectivity index (χ0n) is 9.88. The first-order valence-electron chi connectivity index (χ1n) is 5.99. The molecule has 17 heavy (non-hydrogen) atoms. The number of thioether (sulfide) groups is 1. The molecule has 1 fully saturated rings. The van der Waals surface area contributed by atoms with Gasteiger partial charge in [0, 0.05) is 11.6 Å². The van der Waals surface area contributed by atoms with Crippen molar-refractivity contribution in [1.82, 2.24) is 5.32 Å². The van der Waals surface area contributed by atoms with Crippen LogP contribution in [0.1, 0.15) is 24.9 Å². The van der Waals surface area contributed by atoms with E-state index < -0.39 is 11.6 Å². The van der Waals surface area contributed by atoms with Gasteiger partial charge in [0.2, 0.25) is 0 Å². The number of nitrogens with one attached hydrogen (secondary N) is 1. The fraction of sp³-hybridized carbons (Fsp3) is 0.538. The third kappa shape index (κ3) is 2.80. The standard InChI is InChI=1S/C13H17F2NS/c1-2-16-13(9-6-7-17-8-9)12-10(14)4-3-5-11(12)15/h3-5,9,13,16H,2,6-8H2,1H3. The Hall–Kier alpha value is -0.610. The van der Waals surface area contributed by atoms with E-state index in [0.717, 1.165) is 24.5 Å². The van der Waals surface area contributed by atoms with Gasteiger partial charge in [0.05, 0.1) is 0 Å². The summed E-state index contributed by atoms with van der Waals surface area (Å²) in [5.74, 6) is 1.51. The maximum atomic E-state index is 13.8. The quantitative estimate of drug-likeness (QED) is 0.887. The molecule has 2 unspecified atom stereocenters. The highest BCUT2D eigenvalue weighted by atomic mass is 32.2. The Morgan fingerprint density at radius 3 is 2.65 bits per heavy atom. The molecule has 2 rings (SSSR count). The van der Waals surface area contributed by atoms with E-state index in [4.69, 9.17) is 0 Å². The molecule has 0 radical (unpaired) electrons. The molecule has 1 saturated heterocycles. The number of hydrogen-bond donors (Lipinski definition) is 1. The summed E-state index contributed by atoms with van der Waals surface area (Å²) in [6.45, 7) is 2.69. The SMILES string of the molecule is CCNC(c1c(F)cccc1F)C1CCSC1. The largest absolute Gasteiger partial charge is 0.310 e. The monoisotopic (exact) mass is 257 g/mol. The van der Waals surface area contributed by atoms with E-state index in [1.807, 2.05) is 18.7 Å². The van der Waals surface area contributed by atoms with Crippen LogP contribution in [0.5, 0.6) is 0 Å². The van der Waals surface area contributed by atoms with Crippen molar-refractivity contribution in [3.63, 3.8) is 0 Å². The van der Waals surface area contributed by atoms with Crippen LogP contribution < -0.4 is 5.32 Å². The number of hydrogen-bond acceptors (Lipinski definition) is 2. The van der Waals surface area contributed by atoms with Crippen LogP contribution in [0.2, 0.25) is 0 Å². The van der Waals surface area contributed by atoms with Gasteiger partial charge in [0.1, 0.15) is 11.6 Å². The van der Waals surface area contributed by atoms with E-state index in [2.05, 4.69) is 5.32 Å². The average Bonchev–Trinajstić information content (AvgIpc) is 2.80. The fourth-order valence-electron chi connectivity index (χ4n) is 2.35. The number of rotatable bonds is 4. The van der Waals surface area contributed by atoms with E-state index in [0.29, 0.717) is 5.92 Å². The lowest BCUT2D eigenvalue weighted by Crippen LogP contribution is -2.30. The smallest absolute Gasteiger partial charge is 0.130 e. The molecule has 0 amide bonds. The average molecular weight is 257 g/mol. The van der Waals surface area contributed by atoms with Crippen LogP contribution in [0, 0.1) is 17.6 Å². The van der Waals surface area contributed by atoms with Crippen molar-refractivity contribution < 1.29 is 8.78 Å². The van der Waals surface area contributed by atoms with Crippen molar-refractivity contribution in [2.45, 2.75) is 19.4 Å². The minimum Gasteiger partial charge on any atom is -0.310 e. The summed E-state index contributed by atoms with van der Waals surface area (Å²) in [6.07, 6.45) is 1.02. The second kappa shape index (κ2) is 5.83. The maximum absolute atomic E-state index is 13.8. The first-order valence-corrected chi connectivity index (χ1v) is 7.14. The van der Waals surface area contributed by atoms with Crippen molar-refractivity contribution >= 4 is 11.8 Å². The van der Waals surface area contributed by atoms with Crippen LogP contribution in [0.3, 0.4) is 0 Å². The molecule has 1 N–H and O–H groups in total. The molecule has 0 saturated carbocycles. The summed E-state index contributed by atoms with van der Waals surface area (Å²) in [4.78, 5) is 0. The van der Waals surface area contributed by atoms with Gasteiger partial charge in [-0.1, -0.05) is 13.0 Å². The van der Waals surface area contributed by atoms with Gasteiger partial charge < -0.3 is 5.32 Å². The molecule has 0 spiro atoms. The predicted octanol–water partition coefficient (Wildman–Crippen LogP) is 3.37. The van der Waals surface area contributed by atoms with Gasteiger partial charge in [-0.05, 0) is 42.5 Å². The van der Waals surface area contributed by atoms with Crippen LogP contribution in [-0.4, -0.2) is 18.1 Å². The summed E-state index contributed by atoms with van der Waals surface area (Å²) in [5, 5.41) is 3.23. The molecule has 4 heteroatoms. The Morgan fingerprint density at radius 1 is 1.41 bits per heavy atom. The molecule has 0 aliphatic carbocycles. The van der Waals surface area contributed by atoms with Crippen molar-refractivity contribution in [2.24, 2.45) is 5.92 Å². The Morgan fingerprint density at radius 2 is 2.12 bits per heavy atom. The van der Waals surface area contributed by atoms with E-state index >= 15 is 0 Å². The van der Waals surface area contributed by atoms with Crippen LogP contribution in [0.4, 0.5) is 8.78 Å². The van der Waals surface area contributed by atoms with Crippen LogP contribution in [0.15, 0.2) is 18.2 Å². The lowest BCUT2D eigenvalue weighted by atomic mass is 9.91. The van der Waals surface area contributed by atoms with Crippen LogP contribution >= 0.6 is 11.8 Å². The summed E-state index contributed by atoms with van der Waals surface area (Å²) in [5.41, 5.74) is 0.210. The zero-order chi connectivity index (χ0) is 12.3. The second-order valence-corrected chi connectivity index (χ2v) is 5.44. The van der Waals surface area contributed by atoms with Crippen LogP contribution in [-0.2, 0) is 0 Å². The minimum atomic E-state index is -0.437. The molecule has 1 aliphatic rings. The molecule has 2 atom stereocenters. The Kier molecular flexibility index (Phi) is 4.40. The first kappa shape index (κ1) is 12.8. The molecule has 1 heterocycles. The van der Waals surface area contributed by atoms with Gasteiger partial charge in [0.25, 0.3) is 0 Å². The van der Waals surface area contributed by atoms with E-state index in [9.17, 15) is 8.78 Å². The van der Waals surface area contributed by atoms with Crippen molar-refractivity contribution in [3.05, 3.63) is 35.4 Å². The second-order valence-electron chi connectivity index (χ2n) is 4.29. The Labute approximate surface area is 105 Å². The molecule has 0 bridgehead atoms. The topological polar surface area (TPSA) is 12.0 Å². The normalized spacial score (nSPS) is 21.7. The van der Waals surface area contributed by atoms with Gasteiger partial charge in [-0.25, -0.2) is 8.78 Å². The summed E-state index contributed by atoms with van der Waals surface area (Å²) in [7, 11) is 0. The highest BCUT2D eigenvalue weighted by molar-refractivity contribution is 7.99. The van der Waals surface area contributed by atoms with E-state index in [1.54, 1.807) is 0 Å². The van der Waals surface area contributed by atoms with Crippen LogP contribution in [0.25, 0.3) is 0 Å². The van der Waals surface area contributed by atoms with Gasteiger partial charge in [0.15, 0.2) is 0 Å². The third-order valence-electron chi connectivity index (χ3n) is 3.17. The van der Waals surface area contributed by atoms with Gasteiger partial charge in [-0.3, -0.25) is 0 Å². The molecule has 1 aromatic carbocycles. The molecular weight excluding hydrogens is 240 g/mol. The van der Waals surface area contributed by atoms with E-state index in [1.165, 1.54) is 18.2 Å². The van der Waals surface area contributed by atoms with E-state index in [-0.39, 0.29) is 11.6 Å². The molecule has 1 nitrogen and oxygen atoms in total. The van der Waals surface area contributed by atoms with Crippen molar-refractivity contribution in [2.75, 3.05) is 18.1 Å². The molecule has 1 aromatic rings. The summed E-state index contributed by atoms with van der Waals surface area (Å²) >= 11 is 1.86. The van der Waals surface area contributed by atoms with Crippen molar-refractivity contribution in [1.29, 1.82) is 0 Å². The highest BCUT2D eigenvalue weighted by Gasteiger charge is 2.29. The molecule has 0 aromatic heterocycles. The number of benzene rings is 1. The predicted molar refractivity (Wildman–Crippen MR) is 68.2 cm³/mol. The van der Waals surface area contributed by atoms with Gasteiger partial charge >= 0.3 is 0 Å². The maximum Gasteiger partial charge on any atom is 0.130 e. The van der Waals surface area contributed by atoms with Gasteiger partial charge in [-0.2, -0.15) is 11.8 Å². The lowest BCUT2D eigenvalue weighted by Gasteiger charge is -2.25. The number of halogens is 2. The minimum absolute atomic E-state index is 0.198. The first-order chi connectivity index (χ1) is 8.24. The van der Waals surface area contributed by atoms with Gasteiger partial charge in [-0.15, -0.1) is 0 Å².